The lowest BCUT2D eigenvalue weighted by molar-refractivity contribution is -0.146. The Labute approximate surface area is 101 Å². The average molecular weight is 239 g/mol. The van der Waals surface area contributed by atoms with Gasteiger partial charge in [-0.2, -0.15) is 0 Å². The highest BCUT2D eigenvalue weighted by Gasteiger charge is 2.14. The van der Waals surface area contributed by atoms with Crippen LogP contribution >= 0.6 is 0 Å². The molecule has 0 aliphatic rings. The summed E-state index contributed by atoms with van der Waals surface area (Å²) in [5.74, 6) is -0.843. The van der Waals surface area contributed by atoms with Crippen LogP contribution in [0.15, 0.2) is 24.3 Å². The Morgan fingerprint density at radius 1 is 1.47 bits per heavy atom. The molecule has 0 amide bonds. The van der Waals surface area contributed by atoms with Crippen LogP contribution in [0.2, 0.25) is 0 Å². The second-order valence-corrected chi connectivity index (χ2v) is 3.95. The van der Waals surface area contributed by atoms with E-state index >= 15 is 0 Å². The number of esters is 1. The molecule has 0 spiro atoms. The zero-order chi connectivity index (χ0) is 12.7. The van der Waals surface area contributed by atoms with Gasteiger partial charge in [0.05, 0.1) is 0 Å². The number of carbonyl (C=O) groups excluding carboxylic acids is 1. The van der Waals surface area contributed by atoms with Crippen LogP contribution in [0.4, 0.5) is 4.39 Å². The molecule has 1 aromatic carbocycles. The Morgan fingerprint density at radius 3 is 2.82 bits per heavy atom. The maximum atomic E-state index is 13.2. The number of benzene rings is 1. The Morgan fingerprint density at radius 2 is 2.18 bits per heavy atom. The molecular formula is C13H18FNO2. The number of rotatable bonds is 6. The van der Waals surface area contributed by atoms with E-state index in [1.807, 2.05) is 6.92 Å². The van der Waals surface area contributed by atoms with Crippen molar-refractivity contribution in [2.75, 3.05) is 0 Å². The summed E-state index contributed by atoms with van der Waals surface area (Å²) in [6.07, 6.45) is 2.47. The van der Waals surface area contributed by atoms with E-state index in [9.17, 15) is 9.18 Å². The van der Waals surface area contributed by atoms with E-state index in [1.165, 1.54) is 6.07 Å². The molecule has 3 nitrogen and oxygen atoms in total. The van der Waals surface area contributed by atoms with Crippen LogP contribution in [0.3, 0.4) is 0 Å². The van der Waals surface area contributed by atoms with Crippen LogP contribution in [0.25, 0.3) is 0 Å². The van der Waals surface area contributed by atoms with Gasteiger partial charge in [0.2, 0.25) is 0 Å². The first-order chi connectivity index (χ1) is 8.15. The number of hydrogen-bond donors (Lipinski definition) is 1. The van der Waals surface area contributed by atoms with Gasteiger partial charge in [-0.05, 0) is 12.5 Å². The smallest absolute Gasteiger partial charge is 0.323 e. The second kappa shape index (κ2) is 7.01. The lowest BCUT2D eigenvalue weighted by atomic mass is 10.1. The molecule has 0 aliphatic heterocycles. The van der Waals surface area contributed by atoms with E-state index in [2.05, 4.69) is 0 Å². The molecule has 1 aromatic rings. The molecule has 0 bridgehead atoms. The van der Waals surface area contributed by atoms with Crippen molar-refractivity contribution in [2.24, 2.45) is 5.73 Å². The van der Waals surface area contributed by atoms with Gasteiger partial charge in [0.15, 0.2) is 0 Å². The fourth-order valence-electron chi connectivity index (χ4n) is 1.41. The molecule has 4 heteroatoms. The first-order valence-electron chi connectivity index (χ1n) is 5.80. The monoisotopic (exact) mass is 239 g/mol. The zero-order valence-corrected chi connectivity index (χ0v) is 9.99. The van der Waals surface area contributed by atoms with Gasteiger partial charge in [0, 0.05) is 5.56 Å². The van der Waals surface area contributed by atoms with Gasteiger partial charge in [-0.15, -0.1) is 0 Å². The highest BCUT2D eigenvalue weighted by molar-refractivity contribution is 5.75. The van der Waals surface area contributed by atoms with Gasteiger partial charge in [-0.1, -0.05) is 38.0 Å². The summed E-state index contributed by atoms with van der Waals surface area (Å²) in [6, 6.07) is 5.60. The maximum absolute atomic E-state index is 13.2. The van der Waals surface area contributed by atoms with Crippen molar-refractivity contribution < 1.29 is 13.9 Å². The third-order valence-electron chi connectivity index (χ3n) is 2.50. The Hall–Kier alpha value is -1.42. The summed E-state index contributed by atoms with van der Waals surface area (Å²) in [4.78, 5) is 11.5. The number of halogens is 1. The third-order valence-corrected chi connectivity index (χ3v) is 2.50. The predicted molar refractivity (Wildman–Crippen MR) is 63.7 cm³/mol. The SMILES string of the molecule is CCCC[C@H](N)C(=O)OCc1ccccc1F. The van der Waals surface area contributed by atoms with E-state index in [1.54, 1.807) is 18.2 Å². The number of unbranched alkanes of at least 4 members (excludes halogenated alkanes) is 1. The molecular weight excluding hydrogens is 221 g/mol. The summed E-state index contributed by atoms with van der Waals surface area (Å²) >= 11 is 0. The highest BCUT2D eigenvalue weighted by atomic mass is 19.1. The Bertz CT molecular complexity index is 368. The van der Waals surface area contributed by atoms with E-state index in [0.717, 1.165) is 12.8 Å². The molecule has 94 valence electrons. The molecule has 0 saturated carbocycles. The zero-order valence-electron chi connectivity index (χ0n) is 9.99. The first-order valence-corrected chi connectivity index (χ1v) is 5.80. The molecule has 0 aromatic heterocycles. The van der Waals surface area contributed by atoms with Crippen LogP contribution in [0, 0.1) is 5.82 Å². The average Bonchev–Trinajstić information content (AvgIpc) is 2.34. The van der Waals surface area contributed by atoms with E-state index < -0.39 is 12.0 Å². The van der Waals surface area contributed by atoms with Gasteiger partial charge >= 0.3 is 5.97 Å². The van der Waals surface area contributed by atoms with Gasteiger partial charge < -0.3 is 10.5 Å². The van der Waals surface area contributed by atoms with Crippen LogP contribution < -0.4 is 5.73 Å². The molecule has 0 saturated heterocycles. The Balaban J connectivity index is 2.40. The molecule has 0 radical (unpaired) electrons. The lowest BCUT2D eigenvalue weighted by Gasteiger charge is -2.11. The second-order valence-electron chi connectivity index (χ2n) is 3.95. The minimum absolute atomic E-state index is 0.0642. The van der Waals surface area contributed by atoms with Gasteiger partial charge in [0.25, 0.3) is 0 Å². The van der Waals surface area contributed by atoms with Crippen LogP contribution in [0.5, 0.6) is 0 Å². The quantitative estimate of drug-likeness (QED) is 0.775. The van der Waals surface area contributed by atoms with Gasteiger partial charge in [0.1, 0.15) is 18.5 Å². The molecule has 1 rings (SSSR count). The van der Waals surface area contributed by atoms with Crippen LogP contribution in [-0.4, -0.2) is 12.0 Å². The van der Waals surface area contributed by atoms with Crippen molar-refractivity contribution in [1.82, 2.24) is 0 Å². The first kappa shape index (κ1) is 13.6. The molecule has 0 heterocycles. The number of nitrogens with two attached hydrogens (primary N) is 1. The van der Waals surface area contributed by atoms with Crippen LogP contribution in [-0.2, 0) is 16.1 Å². The largest absolute Gasteiger partial charge is 0.460 e. The van der Waals surface area contributed by atoms with Crippen LogP contribution in [0.1, 0.15) is 31.7 Å². The summed E-state index contributed by atoms with van der Waals surface area (Å²) in [7, 11) is 0. The minimum atomic E-state index is -0.610. The van der Waals surface area contributed by atoms with Crippen molar-refractivity contribution in [1.29, 1.82) is 0 Å². The third kappa shape index (κ3) is 4.53. The lowest BCUT2D eigenvalue weighted by Crippen LogP contribution is -2.32. The van der Waals surface area contributed by atoms with E-state index in [0.29, 0.717) is 12.0 Å². The number of ether oxygens (including phenoxy) is 1. The van der Waals surface area contributed by atoms with Gasteiger partial charge in [-0.3, -0.25) is 4.79 Å². The van der Waals surface area contributed by atoms with Crippen molar-refractivity contribution >= 4 is 5.97 Å². The van der Waals surface area contributed by atoms with E-state index in [4.69, 9.17) is 10.5 Å². The fourth-order valence-corrected chi connectivity index (χ4v) is 1.41. The number of carbonyl (C=O) groups is 1. The minimum Gasteiger partial charge on any atom is -0.460 e. The van der Waals surface area contributed by atoms with Crippen molar-refractivity contribution in [3.8, 4) is 0 Å². The van der Waals surface area contributed by atoms with Crippen molar-refractivity contribution in [3.63, 3.8) is 0 Å². The molecule has 0 aliphatic carbocycles. The topological polar surface area (TPSA) is 52.3 Å². The highest BCUT2D eigenvalue weighted by Crippen LogP contribution is 2.09. The summed E-state index contributed by atoms with van der Waals surface area (Å²) in [5, 5.41) is 0. The molecule has 1 atom stereocenters. The summed E-state index contributed by atoms with van der Waals surface area (Å²) < 4.78 is 18.2. The summed E-state index contributed by atoms with van der Waals surface area (Å²) in [6.45, 7) is 1.96. The predicted octanol–water partition coefficient (Wildman–Crippen LogP) is 2.39. The molecule has 0 fully saturated rings. The Kier molecular flexibility index (Phi) is 5.63. The standard InChI is InChI=1S/C13H18FNO2/c1-2-3-8-12(15)13(16)17-9-10-6-4-5-7-11(10)14/h4-7,12H,2-3,8-9,15H2,1H3/t12-/m0/s1. The van der Waals surface area contributed by atoms with Gasteiger partial charge in [-0.25, -0.2) is 4.39 Å². The normalized spacial score (nSPS) is 12.2. The molecule has 17 heavy (non-hydrogen) atoms. The number of hydrogen-bond acceptors (Lipinski definition) is 3. The maximum Gasteiger partial charge on any atom is 0.323 e. The van der Waals surface area contributed by atoms with Crippen molar-refractivity contribution in [2.45, 2.75) is 38.8 Å². The fraction of sp³-hybridized carbons (Fsp3) is 0.462. The van der Waals surface area contributed by atoms with E-state index in [-0.39, 0.29) is 12.4 Å². The molecule has 2 N–H and O–H groups in total. The summed E-state index contributed by atoms with van der Waals surface area (Å²) in [5.41, 5.74) is 6.00. The van der Waals surface area contributed by atoms with Crippen molar-refractivity contribution in [3.05, 3.63) is 35.6 Å². The molecule has 0 unspecified atom stereocenters.